The Morgan fingerprint density at radius 3 is 3.07 bits per heavy atom. The van der Waals surface area contributed by atoms with Crippen molar-refractivity contribution in [3.63, 3.8) is 0 Å². The van der Waals surface area contributed by atoms with Crippen molar-refractivity contribution < 1.29 is 4.74 Å². The Kier molecular flexibility index (Phi) is 3.24. The summed E-state index contributed by atoms with van der Waals surface area (Å²) >= 11 is 5.26. The van der Waals surface area contributed by atoms with Gasteiger partial charge in [-0.3, -0.25) is 0 Å². The van der Waals surface area contributed by atoms with Gasteiger partial charge in [0.25, 0.3) is 0 Å². The average Bonchev–Trinajstić information content (AvgIpc) is 2.77. The van der Waals surface area contributed by atoms with Crippen LogP contribution < -0.4 is 0 Å². The first-order chi connectivity index (χ1) is 6.74. The molecule has 0 bridgehead atoms. The van der Waals surface area contributed by atoms with Crippen LogP contribution in [0.3, 0.4) is 0 Å². The molecule has 1 aromatic heterocycles. The molecule has 2 nitrogen and oxygen atoms in total. The van der Waals surface area contributed by atoms with E-state index < -0.39 is 0 Å². The van der Waals surface area contributed by atoms with E-state index in [4.69, 9.17) is 4.74 Å². The molecule has 1 aromatic rings. The highest BCUT2D eigenvalue weighted by Gasteiger charge is 2.34. The van der Waals surface area contributed by atoms with Crippen molar-refractivity contribution in [3.8, 4) is 0 Å². The van der Waals surface area contributed by atoms with Crippen molar-refractivity contribution >= 4 is 27.3 Å². The maximum Gasteiger partial charge on any atom is 0.0897 e. The van der Waals surface area contributed by atoms with Crippen LogP contribution in [0.15, 0.2) is 5.38 Å². The van der Waals surface area contributed by atoms with E-state index in [0.717, 1.165) is 29.8 Å². The minimum absolute atomic E-state index is 0.0144. The maximum absolute atomic E-state index is 5.82. The summed E-state index contributed by atoms with van der Waals surface area (Å²) in [5.74, 6) is 0. The molecular weight excluding hydrogens is 262 g/mol. The van der Waals surface area contributed by atoms with Crippen LogP contribution in [-0.4, -0.2) is 22.5 Å². The molecule has 0 radical (unpaired) electrons. The first-order valence-corrected chi connectivity index (χ1v) is 6.85. The Bertz CT molecular complexity index is 307. The Balaban J connectivity index is 2.08. The van der Waals surface area contributed by atoms with Gasteiger partial charge < -0.3 is 4.74 Å². The topological polar surface area (TPSA) is 22.1 Å². The Labute approximate surface area is 96.8 Å². The number of aromatic nitrogens is 1. The summed E-state index contributed by atoms with van der Waals surface area (Å²) in [5.41, 5.74) is 1.19. The van der Waals surface area contributed by atoms with Crippen LogP contribution in [0.5, 0.6) is 0 Å². The summed E-state index contributed by atoms with van der Waals surface area (Å²) in [6.45, 7) is 2.94. The highest BCUT2D eigenvalue weighted by molar-refractivity contribution is 9.09. The number of nitrogens with zero attached hydrogens (tertiary/aromatic N) is 1. The number of halogens is 1. The van der Waals surface area contributed by atoms with Crippen LogP contribution in [0.25, 0.3) is 0 Å². The lowest BCUT2D eigenvalue weighted by atomic mass is 9.97. The smallest absolute Gasteiger partial charge is 0.0897 e. The van der Waals surface area contributed by atoms with Crippen molar-refractivity contribution in [2.24, 2.45) is 0 Å². The van der Waals surface area contributed by atoms with E-state index in [-0.39, 0.29) is 5.60 Å². The molecule has 0 saturated carbocycles. The van der Waals surface area contributed by atoms with E-state index in [1.165, 1.54) is 12.1 Å². The molecule has 1 unspecified atom stereocenters. The summed E-state index contributed by atoms with van der Waals surface area (Å²) in [5, 5.41) is 4.19. The van der Waals surface area contributed by atoms with Crippen molar-refractivity contribution in [1.29, 1.82) is 0 Å². The molecule has 2 heterocycles. The number of ether oxygens (including phenoxy) is 1. The van der Waals surface area contributed by atoms with Crippen molar-refractivity contribution in [2.75, 3.05) is 11.9 Å². The van der Waals surface area contributed by atoms with E-state index >= 15 is 0 Å². The summed E-state index contributed by atoms with van der Waals surface area (Å²) in [4.78, 5) is 4.48. The summed E-state index contributed by atoms with van der Waals surface area (Å²) in [6.07, 6.45) is 3.27. The van der Waals surface area contributed by atoms with Crippen LogP contribution in [-0.2, 0) is 11.2 Å². The monoisotopic (exact) mass is 275 g/mol. The number of hydrogen-bond acceptors (Lipinski definition) is 3. The second-order valence-electron chi connectivity index (χ2n) is 3.80. The minimum Gasteiger partial charge on any atom is -0.374 e. The zero-order chi connectivity index (χ0) is 10.0. The van der Waals surface area contributed by atoms with Crippen LogP contribution in [0.4, 0.5) is 0 Å². The fraction of sp³-hybridized carbons (Fsp3) is 0.700. The molecule has 1 aliphatic rings. The van der Waals surface area contributed by atoms with Gasteiger partial charge in [-0.15, -0.1) is 11.3 Å². The zero-order valence-electron chi connectivity index (χ0n) is 8.25. The third-order valence-electron chi connectivity index (χ3n) is 2.60. The summed E-state index contributed by atoms with van der Waals surface area (Å²) in [6, 6.07) is 0. The Hall–Kier alpha value is 0.0700. The molecule has 0 aliphatic carbocycles. The van der Waals surface area contributed by atoms with Gasteiger partial charge in [0.2, 0.25) is 0 Å². The van der Waals surface area contributed by atoms with Crippen molar-refractivity contribution in [1.82, 2.24) is 4.98 Å². The maximum atomic E-state index is 5.82. The highest BCUT2D eigenvalue weighted by atomic mass is 79.9. The number of hydrogen-bond donors (Lipinski definition) is 0. The van der Waals surface area contributed by atoms with E-state index in [0.29, 0.717) is 0 Å². The molecule has 1 saturated heterocycles. The molecule has 0 spiro atoms. The van der Waals surface area contributed by atoms with Crippen LogP contribution in [0.2, 0.25) is 0 Å². The van der Waals surface area contributed by atoms with Crippen LogP contribution in [0.1, 0.15) is 23.5 Å². The molecule has 1 aliphatic heterocycles. The molecule has 0 aromatic carbocycles. The molecule has 1 fully saturated rings. The SMILES string of the molecule is Cc1nc(CC2(CBr)CCCO2)cs1. The largest absolute Gasteiger partial charge is 0.374 e. The second-order valence-corrected chi connectivity index (χ2v) is 5.43. The molecule has 0 N–H and O–H groups in total. The van der Waals surface area contributed by atoms with Crippen LogP contribution in [0, 0.1) is 6.92 Å². The molecule has 14 heavy (non-hydrogen) atoms. The van der Waals surface area contributed by atoms with Gasteiger partial charge in [-0.2, -0.15) is 0 Å². The van der Waals surface area contributed by atoms with E-state index in [1.807, 2.05) is 6.92 Å². The number of alkyl halides is 1. The standard InChI is InChI=1S/C10H14BrNOS/c1-8-12-9(6-14-8)5-10(7-11)3-2-4-13-10/h6H,2-5,7H2,1H3. The van der Waals surface area contributed by atoms with Gasteiger partial charge >= 0.3 is 0 Å². The summed E-state index contributed by atoms with van der Waals surface area (Å²) in [7, 11) is 0. The van der Waals surface area contributed by atoms with E-state index in [1.54, 1.807) is 11.3 Å². The first-order valence-electron chi connectivity index (χ1n) is 4.85. The lowest BCUT2D eigenvalue weighted by molar-refractivity contribution is 0.0253. The summed E-state index contributed by atoms with van der Waals surface area (Å²) < 4.78 is 5.82. The fourth-order valence-corrected chi connectivity index (χ4v) is 3.12. The lowest BCUT2D eigenvalue weighted by Crippen LogP contribution is -2.32. The first kappa shape index (κ1) is 10.6. The van der Waals surface area contributed by atoms with Gasteiger partial charge in [0.1, 0.15) is 0 Å². The highest BCUT2D eigenvalue weighted by Crippen LogP contribution is 2.31. The molecule has 1 atom stereocenters. The molecule has 2 rings (SSSR count). The van der Waals surface area contributed by atoms with Crippen LogP contribution >= 0.6 is 27.3 Å². The second kappa shape index (κ2) is 4.29. The van der Waals surface area contributed by atoms with Crippen molar-refractivity contribution in [3.05, 3.63) is 16.1 Å². The quantitative estimate of drug-likeness (QED) is 0.792. The Morgan fingerprint density at radius 1 is 1.71 bits per heavy atom. The number of aryl methyl sites for hydroxylation is 1. The fourth-order valence-electron chi connectivity index (χ4n) is 1.87. The average molecular weight is 276 g/mol. The van der Waals surface area contributed by atoms with Gasteiger partial charge in [-0.05, 0) is 19.8 Å². The molecular formula is C10H14BrNOS. The minimum atomic E-state index is 0.0144. The van der Waals surface area contributed by atoms with E-state index in [2.05, 4.69) is 26.3 Å². The Morgan fingerprint density at radius 2 is 2.57 bits per heavy atom. The predicted octanol–water partition coefficient (Wildman–Crippen LogP) is 2.94. The van der Waals surface area contributed by atoms with Crippen molar-refractivity contribution in [2.45, 2.75) is 31.8 Å². The van der Waals surface area contributed by atoms with Gasteiger partial charge in [0, 0.05) is 23.7 Å². The number of rotatable bonds is 3. The third kappa shape index (κ3) is 2.18. The normalized spacial score (nSPS) is 27.0. The van der Waals surface area contributed by atoms with Gasteiger partial charge in [0.05, 0.1) is 16.3 Å². The molecule has 0 amide bonds. The predicted molar refractivity (Wildman–Crippen MR) is 62.3 cm³/mol. The molecule has 4 heteroatoms. The van der Waals surface area contributed by atoms with Gasteiger partial charge in [-0.25, -0.2) is 4.98 Å². The van der Waals surface area contributed by atoms with Gasteiger partial charge in [0.15, 0.2) is 0 Å². The third-order valence-corrected chi connectivity index (χ3v) is 4.44. The van der Waals surface area contributed by atoms with E-state index in [9.17, 15) is 0 Å². The number of thiazole rings is 1. The van der Waals surface area contributed by atoms with Gasteiger partial charge in [-0.1, -0.05) is 15.9 Å². The lowest BCUT2D eigenvalue weighted by Gasteiger charge is -2.24. The molecule has 78 valence electrons. The zero-order valence-corrected chi connectivity index (χ0v) is 10.7.